The minimum atomic E-state index is 0.0321. The molecule has 0 radical (unpaired) electrons. The number of likely N-dealkylation sites (N-methyl/N-ethyl adjacent to an activating group) is 1. The fourth-order valence-corrected chi connectivity index (χ4v) is 2.56. The zero-order valence-corrected chi connectivity index (χ0v) is 12.1. The Bertz CT molecular complexity index is 746. The van der Waals surface area contributed by atoms with Crippen molar-refractivity contribution < 1.29 is 4.79 Å². The van der Waals surface area contributed by atoms with Crippen LogP contribution in [0.15, 0.2) is 35.2 Å². The van der Waals surface area contributed by atoms with E-state index < -0.39 is 0 Å². The Labute approximate surface area is 120 Å². The maximum Gasteiger partial charge on any atom is 0.242 e. The molecular formula is C14H14N4OS. The molecule has 3 aromatic rings. The van der Waals surface area contributed by atoms with E-state index in [1.54, 1.807) is 24.5 Å². The highest BCUT2D eigenvalue weighted by molar-refractivity contribution is 7.07. The van der Waals surface area contributed by atoms with Gasteiger partial charge in [-0.1, -0.05) is 12.1 Å². The molecule has 0 saturated carbocycles. The van der Waals surface area contributed by atoms with Gasteiger partial charge in [0, 0.05) is 19.5 Å². The van der Waals surface area contributed by atoms with Gasteiger partial charge in [-0.3, -0.25) is 4.79 Å². The van der Waals surface area contributed by atoms with Crippen molar-refractivity contribution in [1.82, 2.24) is 19.4 Å². The van der Waals surface area contributed by atoms with Gasteiger partial charge in [-0.25, -0.2) is 9.97 Å². The second-order valence-corrected chi connectivity index (χ2v) is 5.39. The zero-order valence-electron chi connectivity index (χ0n) is 11.3. The Morgan fingerprint density at radius 1 is 1.35 bits per heavy atom. The molecule has 0 atom stereocenters. The predicted molar refractivity (Wildman–Crippen MR) is 79.5 cm³/mol. The number of fused-ring (bicyclic) bond motifs is 1. The quantitative estimate of drug-likeness (QED) is 0.742. The van der Waals surface area contributed by atoms with Gasteiger partial charge in [0.05, 0.1) is 16.5 Å². The first-order valence-corrected chi connectivity index (χ1v) is 7.15. The normalized spacial score (nSPS) is 10.9. The average Bonchev–Trinajstić information content (AvgIpc) is 3.06. The number of hydrogen-bond donors (Lipinski definition) is 0. The van der Waals surface area contributed by atoms with Gasteiger partial charge in [0.15, 0.2) is 5.82 Å². The van der Waals surface area contributed by atoms with Crippen LogP contribution in [0.1, 0.15) is 0 Å². The highest BCUT2D eigenvalue weighted by Crippen LogP contribution is 2.24. The molecule has 0 bridgehead atoms. The molecular weight excluding hydrogens is 272 g/mol. The molecule has 0 spiro atoms. The molecule has 0 saturated heterocycles. The molecule has 2 heterocycles. The molecule has 20 heavy (non-hydrogen) atoms. The SMILES string of the molecule is CN(C)C(=O)Cn1c(-c2cscn2)nc2ccccc21. The van der Waals surface area contributed by atoms with E-state index >= 15 is 0 Å². The van der Waals surface area contributed by atoms with Crippen LogP contribution in [0, 0.1) is 0 Å². The molecule has 5 nitrogen and oxygen atoms in total. The third-order valence-corrected chi connectivity index (χ3v) is 3.69. The number of benzene rings is 1. The summed E-state index contributed by atoms with van der Waals surface area (Å²) in [4.78, 5) is 22.5. The summed E-state index contributed by atoms with van der Waals surface area (Å²) in [5, 5.41) is 1.94. The van der Waals surface area contributed by atoms with Crippen LogP contribution in [0.2, 0.25) is 0 Å². The summed E-state index contributed by atoms with van der Waals surface area (Å²) in [6.45, 7) is 0.264. The second-order valence-electron chi connectivity index (χ2n) is 4.67. The molecule has 1 aromatic carbocycles. The fraction of sp³-hybridized carbons (Fsp3) is 0.214. The lowest BCUT2D eigenvalue weighted by molar-refractivity contribution is -0.129. The number of amides is 1. The van der Waals surface area contributed by atoms with Gasteiger partial charge < -0.3 is 9.47 Å². The van der Waals surface area contributed by atoms with Crippen LogP contribution in [-0.2, 0) is 11.3 Å². The molecule has 0 fully saturated rings. The van der Waals surface area contributed by atoms with Gasteiger partial charge >= 0.3 is 0 Å². The third kappa shape index (κ3) is 2.18. The van der Waals surface area contributed by atoms with E-state index in [0.29, 0.717) is 0 Å². The number of rotatable bonds is 3. The molecule has 2 aromatic heterocycles. The largest absolute Gasteiger partial charge is 0.347 e. The molecule has 1 amide bonds. The number of carbonyl (C=O) groups is 1. The van der Waals surface area contributed by atoms with E-state index in [1.165, 1.54) is 11.3 Å². The van der Waals surface area contributed by atoms with Crippen molar-refractivity contribution in [3.05, 3.63) is 35.2 Å². The van der Waals surface area contributed by atoms with Crippen molar-refractivity contribution in [2.24, 2.45) is 0 Å². The van der Waals surface area contributed by atoms with Crippen LogP contribution in [-0.4, -0.2) is 39.4 Å². The maximum atomic E-state index is 12.0. The van der Waals surface area contributed by atoms with E-state index in [4.69, 9.17) is 0 Å². The van der Waals surface area contributed by atoms with Crippen LogP contribution in [0.3, 0.4) is 0 Å². The molecule has 3 rings (SSSR count). The van der Waals surface area contributed by atoms with Crippen LogP contribution >= 0.6 is 11.3 Å². The Morgan fingerprint density at radius 2 is 2.15 bits per heavy atom. The molecule has 0 unspecified atom stereocenters. The molecule has 0 aliphatic carbocycles. The highest BCUT2D eigenvalue weighted by Gasteiger charge is 2.16. The first-order chi connectivity index (χ1) is 9.66. The fourth-order valence-electron chi connectivity index (χ4n) is 2.03. The highest BCUT2D eigenvalue weighted by atomic mass is 32.1. The maximum absolute atomic E-state index is 12.0. The Kier molecular flexibility index (Phi) is 3.23. The number of thiazole rings is 1. The van der Waals surface area contributed by atoms with Gasteiger partial charge in [0.2, 0.25) is 5.91 Å². The van der Waals surface area contributed by atoms with Crippen LogP contribution < -0.4 is 0 Å². The zero-order chi connectivity index (χ0) is 14.1. The number of carbonyl (C=O) groups excluding carboxylic acids is 1. The van der Waals surface area contributed by atoms with Crippen LogP contribution in [0.25, 0.3) is 22.6 Å². The molecule has 0 aliphatic rings. The molecule has 6 heteroatoms. The second kappa shape index (κ2) is 5.05. The van der Waals surface area contributed by atoms with Crippen molar-refractivity contribution in [1.29, 1.82) is 0 Å². The van der Waals surface area contributed by atoms with E-state index in [0.717, 1.165) is 22.6 Å². The van der Waals surface area contributed by atoms with Gasteiger partial charge in [-0.2, -0.15) is 0 Å². The van der Waals surface area contributed by atoms with Gasteiger partial charge in [-0.05, 0) is 12.1 Å². The van der Waals surface area contributed by atoms with Crippen molar-refractivity contribution in [2.45, 2.75) is 6.54 Å². The van der Waals surface area contributed by atoms with E-state index in [1.807, 2.05) is 34.2 Å². The lowest BCUT2D eigenvalue weighted by Gasteiger charge is -2.12. The van der Waals surface area contributed by atoms with E-state index in [2.05, 4.69) is 9.97 Å². The lowest BCUT2D eigenvalue weighted by Crippen LogP contribution is -2.26. The summed E-state index contributed by atoms with van der Waals surface area (Å²) in [7, 11) is 3.51. The number of hydrogen-bond acceptors (Lipinski definition) is 4. The predicted octanol–water partition coefficient (Wildman–Crippen LogP) is 2.25. The number of aromatic nitrogens is 3. The first-order valence-electron chi connectivity index (χ1n) is 6.21. The Hall–Kier alpha value is -2.21. The monoisotopic (exact) mass is 286 g/mol. The topological polar surface area (TPSA) is 51.0 Å². The average molecular weight is 286 g/mol. The minimum Gasteiger partial charge on any atom is -0.347 e. The Balaban J connectivity index is 2.16. The number of para-hydroxylation sites is 2. The summed E-state index contributed by atoms with van der Waals surface area (Å²) >= 11 is 1.52. The van der Waals surface area contributed by atoms with Crippen molar-refractivity contribution in [3.63, 3.8) is 0 Å². The van der Waals surface area contributed by atoms with Gasteiger partial charge in [0.1, 0.15) is 12.2 Å². The minimum absolute atomic E-state index is 0.0321. The van der Waals surface area contributed by atoms with E-state index in [-0.39, 0.29) is 12.5 Å². The molecule has 0 aliphatic heterocycles. The third-order valence-electron chi connectivity index (χ3n) is 3.11. The van der Waals surface area contributed by atoms with Crippen LogP contribution in [0.5, 0.6) is 0 Å². The summed E-state index contributed by atoms with van der Waals surface area (Å²) in [5.74, 6) is 0.771. The first kappa shape index (κ1) is 12.8. The summed E-state index contributed by atoms with van der Waals surface area (Å²) in [5.41, 5.74) is 4.40. The number of imidazole rings is 1. The Morgan fingerprint density at radius 3 is 2.85 bits per heavy atom. The van der Waals surface area contributed by atoms with Crippen molar-refractivity contribution in [3.8, 4) is 11.5 Å². The molecule has 102 valence electrons. The van der Waals surface area contributed by atoms with Crippen LogP contribution in [0.4, 0.5) is 0 Å². The lowest BCUT2D eigenvalue weighted by atomic mass is 10.3. The molecule has 0 N–H and O–H groups in total. The standard InChI is InChI=1S/C14H14N4OS/c1-17(2)13(19)7-18-12-6-4-3-5-10(12)16-14(18)11-8-20-9-15-11/h3-6,8-9H,7H2,1-2H3. The van der Waals surface area contributed by atoms with Gasteiger partial charge in [-0.15, -0.1) is 11.3 Å². The van der Waals surface area contributed by atoms with Gasteiger partial charge in [0.25, 0.3) is 0 Å². The van der Waals surface area contributed by atoms with Crippen molar-refractivity contribution in [2.75, 3.05) is 14.1 Å². The smallest absolute Gasteiger partial charge is 0.242 e. The summed E-state index contributed by atoms with van der Waals surface area (Å²) in [6.07, 6.45) is 0. The summed E-state index contributed by atoms with van der Waals surface area (Å²) in [6, 6.07) is 7.81. The van der Waals surface area contributed by atoms with E-state index in [9.17, 15) is 4.79 Å². The summed E-state index contributed by atoms with van der Waals surface area (Å²) < 4.78 is 1.92. The van der Waals surface area contributed by atoms with Crippen molar-refractivity contribution >= 4 is 28.3 Å². The number of nitrogens with zero attached hydrogens (tertiary/aromatic N) is 4.